The lowest BCUT2D eigenvalue weighted by atomic mass is 9.92. The number of alkyl halides is 3. The predicted octanol–water partition coefficient (Wildman–Crippen LogP) is 2.66. The van der Waals surface area contributed by atoms with Crippen molar-refractivity contribution in [3.63, 3.8) is 0 Å². The molecule has 1 amide bonds. The number of hydrogen-bond donors (Lipinski definition) is 3. The smallest absolute Gasteiger partial charge is 0.421 e. The van der Waals surface area contributed by atoms with Gasteiger partial charge >= 0.3 is 12.3 Å². The Hall–Kier alpha value is -2.22. The van der Waals surface area contributed by atoms with Gasteiger partial charge in [-0.25, -0.2) is 4.79 Å². The SMILES string of the molecule is C=C(/C=C(\C=C/N)C(C)(O)C(F)(F)F)C1=CCC(C)OC(=O)N1. The number of allylic oxidation sites excluding steroid dienone is 1. The summed E-state index contributed by atoms with van der Waals surface area (Å²) < 4.78 is 43.9. The van der Waals surface area contributed by atoms with Crippen LogP contribution in [0.1, 0.15) is 20.3 Å². The maximum absolute atomic E-state index is 13.0. The van der Waals surface area contributed by atoms with Crippen molar-refractivity contribution in [1.82, 2.24) is 5.32 Å². The zero-order valence-electron chi connectivity index (χ0n) is 12.8. The Kier molecular flexibility index (Phi) is 5.65. The number of cyclic esters (lactones) is 1. The number of halogens is 3. The molecule has 0 aliphatic carbocycles. The molecule has 8 heteroatoms. The van der Waals surface area contributed by atoms with Crippen LogP contribution in [0.3, 0.4) is 0 Å². The fraction of sp³-hybridized carbons (Fsp3) is 0.400. The molecule has 0 saturated heterocycles. The van der Waals surface area contributed by atoms with Gasteiger partial charge in [0.15, 0.2) is 5.60 Å². The Morgan fingerprint density at radius 2 is 2.17 bits per heavy atom. The van der Waals surface area contributed by atoms with E-state index in [2.05, 4.69) is 11.9 Å². The second-order valence-corrected chi connectivity index (χ2v) is 5.25. The van der Waals surface area contributed by atoms with Gasteiger partial charge < -0.3 is 15.6 Å². The van der Waals surface area contributed by atoms with E-state index in [0.717, 1.165) is 18.4 Å². The minimum Gasteiger partial charge on any atom is -0.446 e. The van der Waals surface area contributed by atoms with Crippen LogP contribution < -0.4 is 11.1 Å². The highest BCUT2D eigenvalue weighted by Gasteiger charge is 2.51. The minimum atomic E-state index is -4.91. The molecule has 0 aromatic carbocycles. The molecule has 1 rings (SSSR count). The summed E-state index contributed by atoms with van der Waals surface area (Å²) in [5.41, 5.74) is 1.81. The normalized spacial score (nSPS) is 22.7. The number of carbonyl (C=O) groups is 1. The lowest BCUT2D eigenvalue weighted by Crippen LogP contribution is -2.43. The Morgan fingerprint density at radius 1 is 1.57 bits per heavy atom. The van der Waals surface area contributed by atoms with E-state index in [9.17, 15) is 23.1 Å². The maximum Gasteiger partial charge on any atom is 0.421 e. The molecule has 0 bridgehead atoms. The highest BCUT2D eigenvalue weighted by molar-refractivity contribution is 5.72. The minimum absolute atomic E-state index is 0.0775. The summed E-state index contributed by atoms with van der Waals surface area (Å²) in [6.45, 7) is 5.91. The van der Waals surface area contributed by atoms with Crippen molar-refractivity contribution < 1.29 is 27.8 Å². The molecule has 0 fully saturated rings. The number of nitrogens with one attached hydrogen (secondary N) is 1. The van der Waals surface area contributed by atoms with Crippen molar-refractivity contribution in [3.8, 4) is 0 Å². The average Bonchev–Trinajstić information content (AvgIpc) is 2.57. The molecule has 1 heterocycles. The van der Waals surface area contributed by atoms with E-state index >= 15 is 0 Å². The molecule has 23 heavy (non-hydrogen) atoms. The lowest BCUT2D eigenvalue weighted by Gasteiger charge is -2.28. The molecule has 2 atom stereocenters. The number of ether oxygens (including phenoxy) is 1. The average molecular weight is 332 g/mol. The molecule has 0 aromatic rings. The summed E-state index contributed by atoms with van der Waals surface area (Å²) in [4.78, 5) is 11.5. The van der Waals surface area contributed by atoms with E-state index in [1.54, 1.807) is 13.0 Å². The molecule has 0 saturated carbocycles. The van der Waals surface area contributed by atoms with Gasteiger partial charge in [-0.05, 0) is 43.3 Å². The van der Waals surface area contributed by atoms with Gasteiger partial charge in [-0.15, -0.1) is 0 Å². The summed E-state index contributed by atoms with van der Waals surface area (Å²) in [5.74, 6) is 0. The summed E-state index contributed by atoms with van der Waals surface area (Å²) >= 11 is 0. The number of amides is 1. The Bertz CT molecular complexity index is 575. The number of nitrogens with two attached hydrogens (primary N) is 1. The van der Waals surface area contributed by atoms with Gasteiger partial charge in [-0.3, -0.25) is 5.32 Å². The number of carbonyl (C=O) groups excluding carboxylic acids is 1. The third-order valence-corrected chi connectivity index (χ3v) is 3.26. The first-order valence-electron chi connectivity index (χ1n) is 6.75. The van der Waals surface area contributed by atoms with Crippen LogP contribution in [0.5, 0.6) is 0 Å². The zero-order chi connectivity index (χ0) is 17.8. The summed E-state index contributed by atoms with van der Waals surface area (Å²) in [6.07, 6.45) is -1.23. The fourth-order valence-electron chi connectivity index (χ4n) is 1.80. The van der Waals surface area contributed by atoms with E-state index in [1.807, 2.05) is 0 Å². The standard InChI is InChI=1S/C15H19F3N2O3/c1-9(12-5-4-10(2)23-13(21)20-12)8-11(6-7-19)14(3,22)15(16,17)18/h5-8,10,22H,1,4,19H2,2-3H3,(H,20,21)/b7-6-,11-8+. The Balaban J connectivity index is 3.18. The third-order valence-electron chi connectivity index (χ3n) is 3.26. The van der Waals surface area contributed by atoms with Crippen molar-refractivity contribution in [2.24, 2.45) is 5.73 Å². The quantitative estimate of drug-likeness (QED) is 0.691. The highest BCUT2D eigenvalue weighted by atomic mass is 19.4. The van der Waals surface area contributed by atoms with Gasteiger partial charge in [0.05, 0.1) is 0 Å². The van der Waals surface area contributed by atoms with E-state index < -0.39 is 23.4 Å². The van der Waals surface area contributed by atoms with Crippen molar-refractivity contribution in [2.75, 3.05) is 0 Å². The largest absolute Gasteiger partial charge is 0.446 e. The number of alkyl carbamates (subject to hydrolysis) is 1. The van der Waals surface area contributed by atoms with Gasteiger partial charge in [0.25, 0.3) is 0 Å². The summed E-state index contributed by atoms with van der Waals surface area (Å²) in [6, 6.07) is 0. The third kappa shape index (κ3) is 4.62. The van der Waals surface area contributed by atoms with Crippen LogP contribution in [0.2, 0.25) is 0 Å². The number of aliphatic hydroxyl groups is 1. The van der Waals surface area contributed by atoms with Crippen molar-refractivity contribution in [1.29, 1.82) is 0 Å². The second-order valence-electron chi connectivity index (χ2n) is 5.25. The number of hydrogen-bond acceptors (Lipinski definition) is 4. The van der Waals surface area contributed by atoms with Crippen molar-refractivity contribution >= 4 is 6.09 Å². The fourth-order valence-corrected chi connectivity index (χ4v) is 1.80. The number of rotatable bonds is 4. The molecule has 0 aromatic heterocycles. The first kappa shape index (κ1) is 18.8. The molecule has 0 spiro atoms. The van der Waals surface area contributed by atoms with Crippen LogP contribution in [0, 0.1) is 0 Å². The predicted molar refractivity (Wildman–Crippen MR) is 79.0 cm³/mol. The van der Waals surface area contributed by atoms with Gasteiger partial charge in [-0.1, -0.05) is 12.7 Å². The van der Waals surface area contributed by atoms with Gasteiger partial charge in [0.2, 0.25) is 0 Å². The van der Waals surface area contributed by atoms with Crippen molar-refractivity contribution in [3.05, 3.63) is 47.9 Å². The second kappa shape index (κ2) is 6.91. The topological polar surface area (TPSA) is 84.6 Å². The molecule has 4 N–H and O–H groups in total. The van der Waals surface area contributed by atoms with Gasteiger partial charge in [0.1, 0.15) is 6.10 Å². The van der Waals surface area contributed by atoms with E-state index in [-0.39, 0.29) is 17.4 Å². The van der Waals surface area contributed by atoms with E-state index in [0.29, 0.717) is 13.3 Å². The Labute approximate surface area is 132 Å². The van der Waals surface area contributed by atoms with Crippen LogP contribution >= 0.6 is 0 Å². The summed E-state index contributed by atoms with van der Waals surface area (Å²) in [7, 11) is 0. The van der Waals surface area contributed by atoms with Gasteiger partial charge in [0, 0.05) is 12.1 Å². The summed E-state index contributed by atoms with van der Waals surface area (Å²) in [5, 5.41) is 12.2. The first-order valence-corrected chi connectivity index (χ1v) is 6.75. The van der Waals surface area contributed by atoms with Gasteiger partial charge in [-0.2, -0.15) is 13.2 Å². The van der Waals surface area contributed by atoms with Crippen LogP contribution in [0.4, 0.5) is 18.0 Å². The Morgan fingerprint density at radius 3 is 2.70 bits per heavy atom. The first-order chi connectivity index (χ1) is 10.5. The molecule has 5 nitrogen and oxygen atoms in total. The van der Waals surface area contributed by atoms with E-state index in [4.69, 9.17) is 10.5 Å². The molecule has 0 radical (unpaired) electrons. The maximum atomic E-state index is 13.0. The molecule has 2 unspecified atom stereocenters. The van der Waals surface area contributed by atoms with E-state index in [1.165, 1.54) is 0 Å². The van der Waals surface area contributed by atoms with Crippen LogP contribution in [-0.2, 0) is 4.74 Å². The molecular weight excluding hydrogens is 313 g/mol. The monoisotopic (exact) mass is 332 g/mol. The zero-order valence-corrected chi connectivity index (χ0v) is 12.8. The molecule has 1 aliphatic rings. The highest BCUT2D eigenvalue weighted by Crippen LogP contribution is 2.37. The van der Waals surface area contributed by atoms with Crippen LogP contribution in [0.25, 0.3) is 0 Å². The molecule has 1 aliphatic heterocycles. The van der Waals surface area contributed by atoms with Crippen LogP contribution in [-0.4, -0.2) is 29.1 Å². The van der Waals surface area contributed by atoms with Crippen molar-refractivity contribution in [2.45, 2.75) is 38.1 Å². The lowest BCUT2D eigenvalue weighted by molar-refractivity contribution is -0.235. The molecular formula is C15H19F3N2O3. The molecule has 128 valence electrons. The van der Waals surface area contributed by atoms with Crippen LogP contribution in [0.15, 0.2) is 47.9 Å².